The number of nitrogens with two attached hydrogens (primary N) is 2. The predicted molar refractivity (Wildman–Crippen MR) is 33.4 cm³/mol. The summed E-state index contributed by atoms with van der Waals surface area (Å²) >= 11 is 0. The van der Waals surface area contributed by atoms with Gasteiger partial charge < -0.3 is 14.3 Å². The average molecular weight is 144 g/mol. The molecule has 0 heterocycles. The maximum absolute atomic E-state index is 9.74. The number of rotatable bonds is 0. The first-order valence-electron chi connectivity index (χ1n) is 1.74. The zero-order chi connectivity index (χ0) is 6.57. The van der Waals surface area contributed by atoms with Crippen LogP contribution in [0.4, 0.5) is 9.59 Å². The molecule has 0 rings (SSSR count). The molecule has 0 aromatic carbocycles. The molecule has 0 saturated heterocycles. The summed E-state index contributed by atoms with van der Waals surface area (Å²) in [6.45, 7) is 0. The van der Waals surface area contributed by atoms with Crippen molar-refractivity contribution in [3.8, 4) is 0 Å². The minimum absolute atomic E-state index is 0. The van der Waals surface area contributed by atoms with Gasteiger partial charge in [0, 0.05) is 0 Å². The van der Waals surface area contributed by atoms with Gasteiger partial charge in [0.15, 0.2) is 0 Å². The Bertz CT molecular complexity index is 109. The van der Waals surface area contributed by atoms with E-state index in [9.17, 15) is 9.59 Å². The van der Waals surface area contributed by atoms with E-state index in [0.29, 0.717) is 0 Å². The van der Waals surface area contributed by atoms with E-state index in [4.69, 9.17) is 0 Å². The van der Waals surface area contributed by atoms with E-state index in [-0.39, 0.29) is 25.9 Å². The van der Waals surface area contributed by atoms with Gasteiger partial charge in [0.25, 0.3) is 0 Å². The van der Waals surface area contributed by atoms with Gasteiger partial charge >= 0.3 is 35.1 Å². The van der Waals surface area contributed by atoms with Gasteiger partial charge in [-0.05, 0) is 0 Å². The maximum Gasteiger partial charge on any atom is 2.00 e. The summed E-state index contributed by atoms with van der Waals surface area (Å²) in [6, 6.07) is -1.72. The molecule has 7 heteroatoms. The van der Waals surface area contributed by atoms with Gasteiger partial charge in [-0.1, -0.05) is 0 Å². The summed E-state index contributed by atoms with van der Waals surface area (Å²) in [5.41, 5.74) is 12.6. The Morgan fingerprint density at radius 1 is 1.11 bits per heavy atom. The molecule has 0 aliphatic rings. The van der Waals surface area contributed by atoms with Crippen molar-refractivity contribution in [1.82, 2.24) is 10.9 Å². The normalized spacial score (nSPS) is 6.67. The third-order valence-electron chi connectivity index (χ3n) is 0.309. The van der Waals surface area contributed by atoms with E-state index < -0.39 is 12.1 Å². The number of primary amides is 2. The van der Waals surface area contributed by atoms with Gasteiger partial charge in [0.05, 0.1) is 0 Å². The van der Waals surface area contributed by atoms with Crippen LogP contribution in [0.1, 0.15) is 2.85 Å². The van der Waals surface area contributed by atoms with Gasteiger partial charge in [0.2, 0.25) is 0 Å². The molecule has 0 aliphatic heterocycles. The minimum atomic E-state index is -0.858. The fourth-order valence-electron chi connectivity index (χ4n) is 0.123. The summed E-state index contributed by atoms with van der Waals surface area (Å²) in [5.74, 6) is 0. The smallest absolute Gasteiger partial charge is 1.00 e. The van der Waals surface area contributed by atoms with Gasteiger partial charge in [-0.25, -0.2) is 20.4 Å². The molecule has 0 aromatic rings. The number of hydrogen-bond acceptors (Lipinski definition) is 2. The van der Waals surface area contributed by atoms with Gasteiger partial charge in [-0.2, -0.15) is 0 Å². The Balaban J connectivity index is -0.0000000817. The zero-order valence-electron chi connectivity index (χ0n) is 6.68. The monoisotopic (exact) mass is 144 g/mol. The third kappa shape index (κ3) is 11.1. The van der Waals surface area contributed by atoms with E-state index in [2.05, 4.69) is 11.5 Å². The molecule has 0 aliphatic carbocycles. The van der Waals surface area contributed by atoms with Crippen molar-refractivity contribution < 1.29 is 12.4 Å². The molecule has 50 valence electrons. The minimum Gasteiger partial charge on any atom is -1.00 e. The Kier molecular flexibility index (Phi) is 6.74. The number of nitrogens with one attached hydrogen (secondary N) is 2. The Hall–Kier alpha value is -0.694. The second kappa shape index (κ2) is 5.44. The molecule has 9 heavy (non-hydrogen) atoms. The van der Waals surface area contributed by atoms with E-state index in [0.717, 1.165) is 0 Å². The van der Waals surface area contributed by atoms with Crippen LogP contribution >= 0.6 is 0 Å². The Labute approximate surface area is 70.4 Å². The molecule has 4 amide bonds. The van der Waals surface area contributed by atoms with Crippen LogP contribution in [-0.2, 0) is 0 Å². The first kappa shape index (κ1) is 11.1. The van der Waals surface area contributed by atoms with Crippen molar-refractivity contribution >= 4 is 35.1 Å². The van der Waals surface area contributed by atoms with Crippen LogP contribution in [0.3, 0.4) is 0 Å². The second-order valence-electron chi connectivity index (χ2n) is 0.979. The SMILES string of the molecule is NC(=O)NNC(N)=O.[H-].[H-].[Mg+2]. The van der Waals surface area contributed by atoms with E-state index >= 15 is 0 Å². The van der Waals surface area contributed by atoms with Crippen LogP contribution in [0.15, 0.2) is 0 Å². The van der Waals surface area contributed by atoms with Crippen molar-refractivity contribution in [1.29, 1.82) is 0 Å². The largest absolute Gasteiger partial charge is 2.00 e. The number of hydrazine groups is 1. The summed E-state index contributed by atoms with van der Waals surface area (Å²) in [4.78, 5) is 19.5. The molecule has 0 spiro atoms. The molecule has 6 nitrogen and oxygen atoms in total. The van der Waals surface area contributed by atoms with Crippen molar-refractivity contribution in [3.63, 3.8) is 0 Å². The Morgan fingerprint density at radius 2 is 1.33 bits per heavy atom. The standard InChI is InChI=1S/C2H6N4O2.Mg.2H/c3-1(7)5-6-2(4)8;;;/h(H3,3,5,7)(H3,4,6,8);;;/q;+2;2*-1. The molecule has 0 bridgehead atoms. The molecular weight excluding hydrogens is 136 g/mol. The Morgan fingerprint density at radius 3 is 1.44 bits per heavy atom. The molecule has 0 fully saturated rings. The molecule has 0 saturated carbocycles. The van der Waals surface area contributed by atoms with Crippen LogP contribution in [-0.4, -0.2) is 35.1 Å². The van der Waals surface area contributed by atoms with E-state index in [1.807, 2.05) is 0 Å². The molecule has 0 aromatic heterocycles. The van der Waals surface area contributed by atoms with E-state index in [1.54, 1.807) is 10.9 Å². The van der Waals surface area contributed by atoms with Crippen LogP contribution < -0.4 is 22.3 Å². The molecular formula is C2H8MgN4O2. The second-order valence-corrected chi connectivity index (χ2v) is 0.979. The van der Waals surface area contributed by atoms with Gasteiger partial charge in [-0.15, -0.1) is 0 Å². The van der Waals surface area contributed by atoms with Crippen LogP contribution in [0.25, 0.3) is 0 Å². The number of carbonyl (C=O) groups excluding carboxylic acids is 2. The van der Waals surface area contributed by atoms with Crippen LogP contribution in [0.5, 0.6) is 0 Å². The van der Waals surface area contributed by atoms with Crippen molar-refractivity contribution in [2.24, 2.45) is 11.5 Å². The molecule has 6 N–H and O–H groups in total. The quantitative estimate of drug-likeness (QED) is 0.235. The number of amides is 4. The van der Waals surface area contributed by atoms with Crippen LogP contribution in [0, 0.1) is 0 Å². The average Bonchev–Trinajstić information content (AvgIpc) is 1.61. The van der Waals surface area contributed by atoms with Crippen LogP contribution in [0.2, 0.25) is 0 Å². The summed E-state index contributed by atoms with van der Waals surface area (Å²) in [7, 11) is 0. The van der Waals surface area contributed by atoms with Gasteiger partial charge in [0.1, 0.15) is 0 Å². The number of urea groups is 2. The summed E-state index contributed by atoms with van der Waals surface area (Å²) in [5, 5.41) is 0. The predicted octanol–water partition coefficient (Wildman–Crippen LogP) is -1.92. The first-order valence-corrected chi connectivity index (χ1v) is 1.74. The summed E-state index contributed by atoms with van der Waals surface area (Å²) < 4.78 is 0. The number of hydrogen-bond donors (Lipinski definition) is 4. The zero-order valence-corrected chi connectivity index (χ0v) is 6.09. The fraction of sp³-hybridized carbons (Fsp3) is 0. The third-order valence-corrected chi connectivity index (χ3v) is 0.309. The first-order chi connectivity index (χ1) is 3.63. The van der Waals surface area contributed by atoms with Crippen molar-refractivity contribution in [2.75, 3.05) is 0 Å². The topological polar surface area (TPSA) is 110 Å². The summed E-state index contributed by atoms with van der Waals surface area (Å²) in [6.07, 6.45) is 0. The van der Waals surface area contributed by atoms with Crippen molar-refractivity contribution in [3.05, 3.63) is 0 Å². The maximum atomic E-state index is 9.74. The van der Waals surface area contributed by atoms with Gasteiger partial charge in [-0.3, -0.25) is 0 Å². The number of carbonyl (C=O) groups is 2. The molecule has 0 unspecified atom stereocenters. The van der Waals surface area contributed by atoms with Crippen molar-refractivity contribution in [2.45, 2.75) is 0 Å². The van der Waals surface area contributed by atoms with E-state index in [1.165, 1.54) is 0 Å². The molecule has 0 radical (unpaired) electrons. The fourth-order valence-corrected chi connectivity index (χ4v) is 0.123. The molecule has 0 atom stereocenters.